The highest BCUT2D eigenvalue weighted by Crippen LogP contribution is 2.35. The van der Waals surface area contributed by atoms with E-state index in [0.717, 1.165) is 37.5 Å². The molecule has 0 aromatic carbocycles. The van der Waals surface area contributed by atoms with Gasteiger partial charge in [0, 0.05) is 24.5 Å². The van der Waals surface area contributed by atoms with Crippen molar-refractivity contribution in [3.63, 3.8) is 0 Å². The Hall–Kier alpha value is -0.940. The lowest BCUT2D eigenvalue weighted by atomic mass is 9.98. The lowest BCUT2D eigenvalue weighted by Crippen LogP contribution is -2.46. The number of piperidine rings is 1. The highest BCUT2D eigenvalue weighted by Gasteiger charge is 2.40. The van der Waals surface area contributed by atoms with Crippen molar-refractivity contribution in [1.82, 2.24) is 15.0 Å². The van der Waals surface area contributed by atoms with E-state index in [2.05, 4.69) is 28.9 Å². The third-order valence-electron chi connectivity index (χ3n) is 4.34. The van der Waals surface area contributed by atoms with Gasteiger partial charge in [0.2, 0.25) is 5.89 Å². The van der Waals surface area contributed by atoms with Crippen molar-refractivity contribution < 1.29 is 4.52 Å². The predicted octanol–water partition coefficient (Wildman–Crippen LogP) is 1.72. The number of nitrogens with zero attached hydrogens (tertiary/aromatic N) is 3. The molecule has 2 atom stereocenters. The third kappa shape index (κ3) is 2.82. The fourth-order valence-electron chi connectivity index (χ4n) is 3.53. The lowest BCUT2D eigenvalue weighted by molar-refractivity contribution is 0.105. The van der Waals surface area contributed by atoms with Gasteiger partial charge in [0.25, 0.3) is 0 Å². The molecular weight excluding hydrogens is 240 g/mol. The summed E-state index contributed by atoms with van der Waals surface area (Å²) in [5, 5.41) is 4.07. The van der Waals surface area contributed by atoms with Crippen LogP contribution in [0.5, 0.6) is 0 Å². The van der Waals surface area contributed by atoms with Gasteiger partial charge in [0.15, 0.2) is 5.82 Å². The van der Waals surface area contributed by atoms with Gasteiger partial charge in [-0.25, -0.2) is 0 Å². The summed E-state index contributed by atoms with van der Waals surface area (Å²) in [5.41, 5.74) is 6.09. The molecule has 2 fully saturated rings. The van der Waals surface area contributed by atoms with Crippen molar-refractivity contribution in [3.8, 4) is 0 Å². The Morgan fingerprint density at radius 1 is 1.32 bits per heavy atom. The largest absolute Gasteiger partial charge is 0.338 e. The van der Waals surface area contributed by atoms with Gasteiger partial charge < -0.3 is 10.3 Å². The topological polar surface area (TPSA) is 68.2 Å². The molecule has 0 saturated carbocycles. The van der Waals surface area contributed by atoms with E-state index < -0.39 is 0 Å². The summed E-state index contributed by atoms with van der Waals surface area (Å²) in [6, 6.07) is 1.62. The summed E-state index contributed by atoms with van der Waals surface area (Å²) in [5.74, 6) is 2.17. The highest BCUT2D eigenvalue weighted by molar-refractivity contribution is 4.98. The van der Waals surface area contributed by atoms with Gasteiger partial charge in [-0.3, -0.25) is 4.90 Å². The van der Waals surface area contributed by atoms with Crippen LogP contribution in [0.3, 0.4) is 0 Å². The lowest BCUT2D eigenvalue weighted by Gasteiger charge is -2.36. The predicted molar refractivity (Wildman–Crippen MR) is 72.4 cm³/mol. The first-order valence-electron chi connectivity index (χ1n) is 7.44. The number of fused-ring (bicyclic) bond motifs is 2. The van der Waals surface area contributed by atoms with Crippen LogP contribution >= 0.6 is 0 Å². The number of aromatic nitrogens is 2. The Kier molecular flexibility index (Phi) is 3.58. The Morgan fingerprint density at radius 2 is 2.00 bits per heavy atom. The number of nitrogens with two attached hydrogens (primary N) is 1. The summed E-state index contributed by atoms with van der Waals surface area (Å²) in [4.78, 5) is 7.03. The van der Waals surface area contributed by atoms with Crippen LogP contribution in [0.15, 0.2) is 4.52 Å². The van der Waals surface area contributed by atoms with E-state index in [9.17, 15) is 0 Å². The summed E-state index contributed by atoms with van der Waals surface area (Å²) < 4.78 is 5.39. The highest BCUT2D eigenvalue weighted by atomic mass is 16.5. The average Bonchev–Trinajstić information content (AvgIpc) is 2.84. The van der Waals surface area contributed by atoms with Crippen molar-refractivity contribution in [2.24, 2.45) is 11.7 Å². The molecule has 1 aromatic rings. The smallest absolute Gasteiger partial charge is 0.240 e. The zero-order valence-electron chi connectivity index (χ0n) is 11.9. The minimum atomic E-state index is 0.382. The molecule has 0 amide bonds. The van der Waals surface area contributed by atoms with E-state index in [4.69, 9.17) is 10.3 Å². The first kappa shape index (κ1) is 13.1. The maximum absolute atomic E-state index is 6.09. The maximum atomic E-state index is 6.09. The molecule has 19 heavy (non-hydrogen) atoms. The Balaban J connectivity index is 1.64. The molecule has 0 radical (unpaired) electrons. The second kappa shape index (κ2) is 5.21. The Morgan fingerprint density at radius 3 is 2.63 bits per heavy atom. The van der Waals surface area contributed by atoms with Crippen molar-refractivity contribution in [1.29, 1.82) is 0 Å². The van der Waals surface area contributed by atoms with Gasteiger partial charge in [-0.2, -0.15) is 4.98 Å². The fourth-order valence-corrected chi connectivity index (χ4v) is 3.53. The van der Waals surface area contributed by atoms with Crippen LogP contribution in [0.1, 0.15) is 51.2 Å². The van der Waals surface area contributed by atoms with E-state index in [1.54, 1.807) is 0 Å². The molecule has 3 rings (SSSR count). The van der Waals surface area contributed by atoms with Crippen molar-refractivity contribution in [3.05, 3.63) is 11.7 Å². The minimum Gasteiger partial charge on any atom is -0.338 e. The molecule has 2 bridgehead atoms. The quantitative estimate of drug-likeness (QED) is 0.897. The Labute approximate surface area is 114 Å². The zero-order valence-corrected chi connectivity index (χ0v) is 11.9. The second-order valence-electron chi connectivity index (χ2n) is 6.49. The maximum Gasteiger partial charge on any atom is 0.240 e. The van der Waals surface area contributed by atoms with Crippen LogP contribution in [0, 0.1) is 5.92 Å². The zero-order chi connectivity index (χ0) is 13.4. The first-order chi connectivity index (χ1) is 9.11. The van der Waals surface area contributed by atoms with E-state index >= 15 is 0 Å². The molecule has 5 nitrogen and oxygen atoms in total. The SMILES string of the molecule is CC(C)Cc1noc(CN2C3CCC2CC(N)C3)n1. The van der Waals surface area contributed by atoms with Gasteiger partial charge >= 0.3 is 0 Å². The van der Waals surface area contributed by atoms with Gasteiger partial charge in [0.05, 0.1) is 6.54 Å². The summed E-state index contributed by atoms with van der Waals surface area (Å²) in [6.07, 6.45) is 5.66. The molecule has 2 unspecified atom stereocenters. The summed E-state index contributed by atoms with van der Waals surface area (Å²) in [6.45, 7) is 5.14. The van der Waals surface area contributed by atoms with Crippen LogP contribution in [-0.4, -0.2) is 33.2 Å². The van der Waals surface area contributed by atoms with E-state index in [-0.39, 0.29) is 0 Å². The monoisotopic (exact) mass is 264 g/mol. The van der Waals surface area contributed by atoms with E-state index in [1.807, 2.05) is 0 Å². The van der Waals surface area contributed by atoms with Crippen LogP contribution < -0.4 is 5.73 Å². The van der Waals surface area contributed by atoms with Crippen LogP contribution in [0.4, 0.5) is 0 Å². The molecule has 2 N–H and O–H groups in total. The first-order valence-corrected chi connectivity index (χ1v) is 7.44. The number of hydrogen-bond acceptors (Lipinski definition) is 5. The molecule has 2 saturated heterocycles. The van der Waals surface area contributed by atoms with Gasteiger partial charge in [-0.15, -0.1) is 0 Å². The molecule has 5 heteroatoms. The van der Waals surface area contributed by atoms with Crippen LogP contribution in [0.2, 0.25) is 0 Å². The van der Waals surface area contributed by atoms with Crippen molar-refractivity contribution in [2.45, 2.75) is 70.6 Å². The molecule has 2 aliphatic rings. The van der Waals surface area contributed by atoms with Crippen LogP contribution in [-0.2, 0) is 13.0 Å². The molecule has 0 aliphatic carbocycles. The molecule has 0 spiro atoms. The molecule has 1 aromatic heterocycles. The Bertz CT molecular complexity index is 417. The third-order valence-corrected chi connectivity index (χ3v) is 4.34. The second-order valence-corrected chi connectivity index (χ2v) is 6.49. The van der Waals surface area contributed by atoms with Crippen molar-refractivity contribution in [2.75, 3.05) is 0 Å². The minimum absolute atomic E-state index is 0.382. The summed E-state index contributed by atoms with van der Waals surface area (Å²) >= 11 is 0. The molecule has 106 valence electrons. The molecule has 3 heterocycles. The van der Waals surface area contributed by atoms with Gasteiger partial charge in [-0.1, -0.05) is 19.0 Å². The average molecular weight is 264 g/mol. The van der Waals surface area contributed by atoms with E-state index in [0.29, 0.717) is 24.0 Å². The van der Waals surface area contributed by atoms with Crippen molar-refractivity contribution >= 4 is 0 Å². The number of hydrogen-bond donors (Lipinski definition) is 1. The molecule has 2 aliphatic heterocycles. The van der Waals surface area contributed by atoms with Gasteiger partial charge in [-0.05, 0) is 31.6 Å². The van der Waals surface area contributed by atoms with Crippen LogP contribution in [0.25, 0.3) is 0 Å². The normalized spacial score (nSPS) is 31.3. The number of rotatable bonds is 4. The summed E-state index contributed by atoms with van der Waals surface area (Å²) in [7, 11) is 0. The fraction of sp³-hybridized carbons (Fsp3) is 0.857. The van der Waals surface area contributed by atoms with Gasteiger partial charge in [0.1, 0.15) is 0 Å². The standard InChI is InChI=1S/C14H24N4O/c1-9(2)5-13-16-14(19-17-13)8-18-11-3-4-12(18)7-10(15)6-11/h9-12H,3-8,15H2,1-2H3. The van der Waals surface area contributed by atoms with E-state index in [1.165, 1.54) is 12.8 Å². The molecular formula is C14H24N4O.